The van der Waals surface area contributed by atoms with Crippen molar-refractivity contribution >= 4 is 28.9 Å². The third-order valence-corrected chi connectivity index (χ3v) is 4.90. The maximum Gasteiger partial charge on any atom is 0.262 e. The maximum atomic E-state index is 13.3. The molecule has 1 aliphatic heterocycles. The van der Waals surface area contributed by atoms with E-state index in [0.29, 0.717) is 27.5 Å². The van der Waals surface area contributed by atoms with E-state index in [1.165, 1.54) is 13.2 Å². The van der Waals surface area contributed by atoms with E-state index in [1.807, 2.05) is 12.1 Å². The van der Waals surface area contributed by atoms with Crippen LogP contribution < -0.4 is 15.0 Å². The van der Waals surface area contributed by atoms with Crippen LogP contribution in [0, 0.1) is 0 Å². The van der Waals surface area contributed by atoms with Crippen LogP contribution in [0.15, 0.2) is 60.7 Å². The minimum Gasteiger partial charge on any atom is -0.504 e. The molecule has 3 N–H and O–H groups in total. The molecule has 0 saturated carbocycles. The van der Waals surface area contributed by atoms with Gasteiger partial charge in [0.25, 0.3) is 5.91 Å². The first-order valence-electron chi connectivity index (χ1n) is 8.54. The third-order valence-electron chi connectivity index (χ3n) is 4.64. The summed E-state index contributed by atoms with van der Waals surface area (Å²) in [6, 6.07) is 17.1. The predicted octanol–water partition coefficient (Wildman–Crippen LogP) is 4.53. The van der Waals surface area contributed by atoms with Crippen LogP contribution in [0.25, 0.3) is 0 Å². The second-order valence-corrected chi connectivity index (χ2v) is 6.77. The standard InChI is InChI=1S/C21H17ClN2O4/c1-28-18-11-12(10-17(25)19(18)26)20-23-16-5-3-2-4-15(16)21(27)24(20)14-8-6-13(22)7-9-14/h2-11,20,23,25-26H,1H3/t20-/m0/s1. The Balaban J connectivity index is 1.89. The Kier molecular flexibility index (Phi) is 4.49. The van der Waals surface area contributed by atoms with Crippen LogP contribution in [0.3, 0.4) is 0 Å². The zero-order valence-corrected chi connectivity index (χ0v) is 15.6. The zero-order valence-electron chi connectivity index (χ0n) is 14.9. The lowest BCUT2D eigenvalue weighted by molar-refractivity contribution is 0.0975. The summed E-state index contributed by atoms with van der Waals surface area (Å²) in [5.74, 6) is -0.780. The Morgan fingerprint density at radius 2 is 1.79 bits per heavy atom. The molecule has 0 aliphatic carbocycles. The molecule has 1 atom stereocenters. The molecule has 0 fully saturated rings. The van der Waals surface area contributed by atoms with Crippen molar-refractivity contribution < 1.29 is 19.7 Å². The fourth-order valence-electron chi connectivity index (χ4n) is 3.28. The maximum absolute atomic E-state index is 13.3. The monoisotopic (exact) mass is 396 g/mol. The minimum absolute atomic E-state index is 0.110. The van der Waals surface area contributed by atoms with E-state index >= 15 is 0 Å². The lowest BCUT2D eigenvalue weighted by Crippen LogP contribution is -2.43. The van der Waals surface area contributed by atoms with Crippen molar-refractivity contribution in [2.75, 3.05) is 17.3 Å². The summed E-state index contributed by atoms with van der Waals surface area (Å²) >= 11 is 6.00. The summed E-state index contributed by atoms with van der Waals surface area (Å²) in [6.07, 6.45) is -0.635. The number of phenols is 2. The molecule has 1 heterocycles. The molecule has 0 unspecified atom stereocenters. The van der Waals surface area contributed by atoms with E-state index in [-0.39, 0.29) is 23.2 Å². The lowest BCUT2D eigenvalue weighted by atomic mass is 10.0. The Morgan fingerprint density at radius 1 is 1.07 bits per heavy atom. The van der Waals surface area contributed by atoms with Crippen molar-refractivity contribution in [3.8, 4) is 17.2 Å². The molecule has 0 bridgehead atoms. The molecule has 6 nitrogen and oxygen atoms in total. The van der Waals surface area contributed by atoms with Crippen LogP contribution in [0.1, 0.15) is 22.1 Å². The molecule has 0 spiro atoms. The van der Waals surface area contributed by atoms with E-state index in [9.17, 15) is 15.0 Å². The number of nitrogens with one attached hydrogen (secondary N) is 1. The summed E-state index contributed by atoms with van der Waals surface area (Å²) in [7, 11) is 1.39. The fraction of sp³-hybridized carbons (Fsp3) is 0.0952. The molecule has 142 valence electrons. The topological polar surface area (TPSA) is 82.0 Å². The van der Waals surface area contributed by atoms with Gasteiger partial charge in [-0.05, 0) is 48.5 Å². The average molecular weight is 397 g/mol. The number of carbonyl (C=O) groups is 1. The first-order chi connectivity index (χ1) is 13.5. The highest BCUT2D eigenvalue weighted by Crippen LogP contribution is 2.42. The number of ether oxygens (including phenoxy) is 1. The quantitative estimate of drug-likeness (QED) is 0.566. The highest BCUT2D eigenvalue weighted by molar-refractivity contribution is 6.30. The van der Waals surface area contributed by atoms with Gasteiger partial charge in [-0.3, -0.25) is 9.69 Å². The third kappa shape index (κ3) is 2.97. The number of fused-ring (bicyclic) bond motifs is 1. The number of carbonyl (C=O) groups excluding carboxylic acids is 1. The van der Waals surface area contributed by atoms with Crippen molar-refractivity contribution in [1.29, 1.82) is 0 Å². The summed E-state index contributed by atoms with van der Waals surface area (Å²) in [5, 5.41) is 24.0. The molecule has 3 aromatic rings. The molecule has 28 heavy (non-hydrogen) atoms. The molecule has 0 aromatic heterocycles. The van der Waals surface area contributed by atoms with E-state index in [0.717, 1.165) is 0 Å². The van der Waals surface area contributed by atoms with Gasteiger partial charge in [-0.2, -0.15) is 0 Å². The van der Waals surface area contributed by atoms with Crippen LogP contribution in [0.4, 0.5) is 11.4 Å². The molecular formula is C21H17ClN2O4. The second-order valence-electron chi connectivity index (χ2n) is 6.33. The SMILES string of the molecule is COc1cc([C@H]2Nc3ccccc3C(=O)N2c2ccc(Cl)cc2)cc(O)c1O. The van der Waals surface area contributed by atoms with Gasteiger partial charge in [0.05, 0.1) is 12.7 Å². The number of rotatable bonds is 3. The van der Waals surface area contributed by atoms with E-state index in [2.05, 4.69) is 5.32 Å². The molecule has 0 radical (unpaired) electrons. The number of aromatic hydroxyl groups is 2. The number of halogens is 1. The molecule has 3 aromatic carbocycles. The van der Waals surface area contributed by atoms with Crippen LogP contribution >= 0.6 is 11.6 Å². The van der Waals surface area contributed by atoms with Crippen molar-refractivity contribution in [1.82, 2.24) is 0 Å². The Hall–Kier alpha value is -3.38. The van der Waals surface area contributed by atoms with Gasteiger partial charge in [-0.25, -0.2) is 0 Å². The zero-order chi connectivity index (χ0) is 19.8. The number of benzene rings is 3. The Bertz CT molecular complexity index is 1050. The molecule has 0 saturated heterocycles. The number of amides is 1. The summed E-state index contributed by atoms with van der Waals surface area (Å²) in [5.41, 5.74) is 2.38. The predicted molar refractivity (Wildman–Crippen MR) is 107 cm³/mol. The summed E-state index contributed by atoms with van der Waals surface area (Å²) < 4.78 is 5.15. The average Bonchev–Trinajstić information content (AvgIpc) is 2.71. The number of nitrogens with zero attached hydrogens (tertiary/aromatic N) is 1. The van der Waals surface area contributed by atoms with Crippen LogP contribution in [-0.4, -0.2) is 23.2 Å². The highest BCUT2D eigenvalue weighted by Gasteiger charge is 2.34. The smallest absolute Gasteiger partial charge is 0.262 e. The van der Waals surface area contributed by atoms with Gasteiger partial charge in [0.1, 0.15) is 6.17 Å². The summed E-state index contributed by atoms with van der Waals surface area (Å²) in [4.78, 5) is 14.9. The van der Waals surface area contributed by atoms with Gasteiger partial charge < -0.3 is 20.3 Å². The number of hydrogen-bond donors (Lipinski definition) is 3. The van der Waals surface area contributed by atoms with Gasteiger partial charge >= 0.3 is 0 Å². The van der Waals surface area contributed by atoms with Crippen molar-refractivity contribution in [3.63, 3.8) is 0 Å². The number of para-hydroxylation sites is 1. The number of hydrogen-bond acceptors (Lipinski definition) is 5. The first kappa shape index (κ1) is 18.0. The first-order valence-corrected chi connectivity index (χ1v) is 8.92. The largest absolute Gasteiger partial charge is 0.504 e. The van der Waals surface area contributed by atoms with Crippen molar-refractivity contribution in [2.45, 2.75) is 6.17 Å². The molecule has 1 amide bonds. The van der Waals surface area contributed by atoms with Gasteiger partial charge in [0.2, 0.25) is 5.75 Å². The van der Waals surface area contributed by atoms with Crippen LogP contribution in [0.5, 0.6) is 17.2 Å². The van der Waals surface area contributed by atoms with Crippen LogP contribution in [-0.2, 0) is 0 Å². The number of anilines is 2. The van der Waals surface area contributed by atoms with Gasteiger partial charge in [-0.1, -0.05) is 23.7 Å². The normalized spacial score (nSPS) is 15.7. The number of methoxy groups -OCH3 is 1. The van der Waals surface area contributed by atoms with E-state index in [1.54, 1.807) is 47.4 Å². The van der Waals surface area contributed by atoms with E-state index < -0.39 is 6.17 Å². The molecule has 7 heteroatoms. The molecular weight excluding hydrogens is 380 g/mol. The fourth-order valence-corrected chi connectivity index (χ4v) is 3.41. The summed E-state index contributed by atoms with van der Waals surface area (Å²) in [6.45, 7) is 0. The highest BCUT2D eigenvalue weighted by atomic mass is 35.5. The molecule has 1 aliphatic rings. The molecule has 4 rings (SSSR count). The Labute approximate surface area is 166 Å². The second kappa shape index (κ2) is 6.98. The van der Waals surface area contributed by atoms with Crippen molar-refractivity contribution in [3.05, 3.63) is 76.8 Å². The van der Waals surface area contributed by atoms with Crippen LogP contribution in [0.2, 0.25) is 5.02 Å². The van der Waals surface area contributed by atoms with Gasteiger partial charge in [0.15, 0.2) is 11.5 Å². The number of phenolic OH excluding ortho intramolecular Hbond substituents is 2. The van der Waals surface area contributed by atoms with E-state index in [4.69, 9.17) is 16.3 Å². The van der Waals surface area contributed by atoms with Gasteiger partial charge in [0, 0.05) is 22.0 Å². The van der Waals surface area contributed by atoms with Crippen molar-refractivity contribution in [2.24, 2.45) is 0 Å². The minimum atomic E-state index is -0.635. The lowest BCUT2D eigenvalue weighted by Gasteiger charge is -2.38. The van der Waals surface area contributed by atoms with Gasteiger partial charge in [-0.15, -0.1) is 0 Å². The Morgan fingerprint density at radius 3 is 2.50 bits per heavy atom.